The van der Waals surface area contributed by atoms with Gasteiger partial charge in [0.1, 0.15) is 0 Å². The van der Waals surface area contributed by atoms with Crippen LogP contribution in [-0.2, 0) is 0 Å². The Morgan fingerprint density at radius 2 is 1.65 bits per heavy atom. The molecule has 0 spiro atoms. The molecule has 170 valence electrons. The third kappa shape index (κ3) is 4.98. The van der Waals surface area contributed by atoms with E-state index in [-0.39, 0.29) is 0 Å². The van der Waals surface area contributed by atoms with Crippen LogP contribution >= 0.6 is 0 Å². The molecule has 0 aliphatic carbocycles. The van der Waals surface area contributed by atoms with Crippen LogP contribution < -0.4 is 15.5 Å². The lowest BCUT2D eigenvalue weighted by atomic mass is 10.2. The lowest BCUT2D eigenvalue weighted by molar-refractivity contribution is 0.311. The summed E-state index contributed by atoms with van der Waals surface area (Å²) in [5, 5.41) is 13.9. The van der Waals surface area contributed by atoms with Gasteiger partial charge in [-0.15, -0.1) is 6.42 Å². The molecule has 34 heavy (non-hydrogen) atoms. The fraction of sp³-hybridized carbons (Fsp3) is 0.200. The first-order valence-electron chi connectivity index (χ1n) is 11.1. The SMILES string of the molecule is C#Cc1cccc(Nc2nc(Nc3cc(-c4ccccc4)[nH]n3)nc(N3CCN(C)CC3)n2)c1. The van der Waals surface area contributed by atoms with Crippen molar-refractivity contribution < 1.29 is 0 Å². The minimum atomic E-state index is 0.408. The van der Waals surface area contributed by atoms with E-state index in [0.717, 1.165) is 48.7 Å². The Kier molecular flexibility index (Phi) is 6.05. The summed E-state index contributed by atoms with van der Waals surface area (Å²) in [4.78, 5) is 18.4. The van der Waals surface area contributed by atoms with Gasteiger partial charge in [0.2, 0.25) is 17.8 Å². The second kappa shape index (κ2) is 9.60. The van der Waals surface area contributed by atoms with Crippen molar-refractivity contribution in [3.05, 3.63) is 66.2 Å². The van der Waals surface area contributed by atoms with Crippen LogP contribution in [0.25, 0.3) is 11.3 Å². The molecule has 0 bridgehead atoms. The number of benzene rings is 2. The molecule has 0 atom stereocenters. The van der Waals surface area contributed by atoms with Crippen LogP contribution in [0.2, 0.25) is 0 Å². The Labute approximate surface area is 198 Å². The topological polar surface area (TPSA) is 97.9 Å². The molecule has 1 saturated heterocycles. The predicted octanol–water partition coefficient (Wildman–Crippen LogP) is 3.48. The van der Waals surface area contributed by atoms with Crippen LogP contribution in [0.15, 0.2) is 60.7 Å². The predicted molar refractivity (Wildman–Crippen MR) is 135 cm³/mol. The van der Waals surface area contributed by atoms with E-state index in [2.05, 4.69) is 58.6 Å². The number of nitrogens with zero attached hydrogens (tertiary/aromatic N) is 6. The second-order valence-electron chi connectivity index (χ2n) is 8.08. The highest BCUT2D eigenvalue weighted by Crippen LogP contribution is 2.23. The lowest BCUT2D eigenvalue weighted by Gasteiger charge is -2.32. The van der Waals surface area contributed by atoms with Gasteiger partial charge < -0.3 is 20.4 Å². The van der Waals surface area contributed by atoms with Gasteiger partial charge in [-0.2, -0.15) is 20.1 Å². The van der Waals surface area contributed by atoms with Gasteiger partial charge in [0, 0.05) is 43.5 Å². The third-order valence-corrected chi connectivity index (χ3v) is 5.60. The summed E-state index contributed by atoms with van der Waals surface area (Å²) < 4.78 is 0. The zero-order valence-corrected chi connectivity index (χ0v) is 18.9. The molecule has 0 amide bonds. The summed E-state index contributed by atoms with van der Waals surface area (Å²) in [6.07, 6.45) is 5.55. The Balaban J connectivity index is 1.43. The molecule has 9 heteroatoms. The van der Waals surface area contributed by atoms with Crippen LogP contribution in [-0.4, -0.2) is 63.3 Å². The molecule has 0 radical (unpaired) electrons. The number of hydrogen-bond donors (Lipinski definition) is 3. The van der Waals surface area contributed by atoms with Gasteiger partial charge in [-0.3, -0.25) is 5.10 Å². The monoisotopic (exact) mass is 451 g/mol. The molecule has 4 aromatic rings. The molecule has 1 aliphatic rings. The standard InChI is InChI=1S/C25H25N9/c1-3-18-8-7-11-20(16-18)26-23-28-24(30-25(29-23)34-14-12-33(2)13-15-34)27-22-17-21(31-32-22)19-9-5-4-6-10-19/h1,4-11,16-17H,12-15H2,2H3,(H3,26,27,28,29,30,31,32). The van der Waals surface area contributed by atoms with Crippen molar-refractivity contribution >= 4 is 29.4 Å². The molecule has 1 fully saturated rings. The van der Waals surface area contributed by atoms with E-state index in [1.165, 1.54) is 0 Å². The number of nitrogens with one attached hydrogen (secondary N) is 3. The maximum Gasteiger partial charge on any atom is 0.235 e. The normalized spacial score (nSPS) is 13.9. The van der Waals surface area contributed by atoms with Gasteiger partial charge in [-0.1, -0.05) is 42.3 Å². The van der Waals surface area contributed by atoms with E-state index in [1.54, 1.807) is 0 Å². The van der Waals surface area contributed by atoms with Crippen molar-refractivity contribution in [2.75, 3.05) is 48.8 Å². The average molecular weight is 452 g/mol. The van der Waals surface area contributed by atoms with E-state index >= 15 is 0 Å². The molecule has 0 saturated carbocycles. The Hall–Kier alpha value is -4.42. The Morgan fingerprint density at radius 3 is 2.41 bits per heavy atom. The minimum Gasteiger partial charge on any atom is -0.338 e. The Morgan fingerprint density at radius 1 is 0.882 bits per heavy atom. The number of rotatable bonds is 6. The number of terminal acetylenes is 1. The lowest BCUT2D eigenvalue weighted by Crippen LogP contribution is -2.45. The van der Waals surface area contributed by atoms with Gasteiger partial charge >= 0.3 is 0 Å². The molecule has 2 aromatic carbocycles. The first kappa shape index (κ1) is 21.4. The van der Waals surface area contributed by atoms with Gasteiger partial charge in [0.15, 0.2) is 5.82 Å². The van der Waals surface area contributed by atoms with Crippen LogP contribution in [0.3, 0.4) is 0 Å². The van der Waals surface area contributed by atoms with Gasteiger partial charge in [0.05, 0.1) is 5.69 Å². The van der Waals surface area contributed by atoms with Crippen LogP contribution in [0.4, 0.5) is 29.4 Å². The zero-order chi connectivity index (χ0) is 23.3. The minimum absolute atomic E-state index is 0.408. The van der Waals surface area contributed by atoms with Crippen molar-refractivity contribution in [3.63, 3.8) is 0 Å². The number of anilines is 5. The molecular weight excluding hydrogens is 426 g/mol. The molecule has 9 nitrogen and oxygen atoms in total. The highest BCUT2D eigenvalue weighted by molar-refractivity contribution is 5.65. The number of piperazine rings is 1. The Bertz CT molecular complexity index is 1300. The highest BCUT2D eigenvalue weighted by atomic mass is 15.4. The van der Waals surface area contributed by atoms with E-state index in [0.29, 0.717) is 23.7 Å². The summed E-state index contributed by atoms with van der Waals surface area (Å²) in [6, 6.07) is 19.5. The smallest absolute Gasteiger partial charge is 0.235 e. The summed E-state index contributed by atoms with van der Waals surface area (Å²) in [5.41, 5.74) is 3.54. The van der Waals surface area contributed by atoms with Crippen molar-refractivity contribution in [1.29, 1.82) is 0 Å². The number of likely N-dealkylation sites (N-methyl/N-ethyl adjacent to an activating group) is 1. The molecule has 2 aromatic heterocycles. The molecule has 1 aliphatic heterocycles. The average Bonchev–Trinajstić information content (AvgIpc) is 3.33. The first-order chi connectivity index (χ1) is 16.7. The van der Waals surface area contributed by atoms with Gasteiger partial charge in [-0.05, 0) is 30.8 Å². The largest absolute Gasteiger partial charge is 0.338 e. The number of H-pyrrole nitrogens is 1. The molecule has 3 heterocycles. The summed E-state index contributed by atoms with van der Waals surface area (Å²) in [6.45, 7) is 3.57. The zero-order valence-electron chi connectivity index (χ0n) is 18.9. The number of aromatic amines is 1. The molecule has 5 rings (SSSR count). The van der Waals surface area contributed by atoms with Crippen molar-refractivity contribution in [2.24, 2.45) is 0 Å². The van der Waals surface area contributed by atoms with Crippen LogP contribution in [0, 0.1) is 12.3 Å². The van der Waals surface area contributed by atoms with E-state index in [9.17, 15) is 0 Å². The summed E-state index contributed by atoms with van der Waals surface area (Å²) in [7, 11) is 2.12. The number of aromatic nitrogens is 5. The quantitative estimate of drug-likeness (QED) is 0.383. The van der Waals surface area contributed by atoms with Crippen molar-refractivity contribution in [1.82, 2.24) is 30.0 Å². The molecular formula is C25H25N9. The van der Waals surface area contributed by atoms with Crippen LogP contribution in [0.5, 0.6) is 0 Å². The maximum absolute atomic E-state index is 5.55. The van der Waals surface area contributed by atoms with Crippen molar-refractivity contribution in [2.45, 2.75) is 0 Å². The van der Waals surface area contributed by atoms with Crippen molar-refractivity contribution in [3.8, 4) is 23.6 Å². The summed E-state index contributed by atoms with van der Waals surface area (Å²) in [5.74, 6) is 4.72. The number of hydrogen-bond acceptors (Lipinski definition) is 8. The third-order valence-electron chi connectivity index (χ3n) is 5.60. The molecule has 3 N–H and O–H groups in total. The fourth-order valence-electron chi connectivity index (χ4n) is 3.71. The van der Waals surface area contributed by atoms with E-state index < -0.39 is 0 Å². The second-order valence-corrected chi connectivity index (χ2v) is 8.08. The first-order valence-corrected chi connectivity index (χ1v) is 11.1. The van der Waals surface area contributed by atoms with Gasteiger partial charge in [0.25, 0.3) is 0 Å². The molecule has 0 unspecified atom stereocenters. The summed E-state index contributed by atoms with van der Waals surface area (Å²) >= 11 is 0. The van der Waals surface area contributed by atoms with Gasteiger partial charge in [-0.25, -0.2) is 0 Å². The van der Waals surface area contributed by atoms with Crippen LogP contribution in [0.1, 0.15) is 5.56 Å². The fourth-order valence-corrected chi connectivity index (χ4v) is 3.71. The highest BCUT2D eigenvalue weighted by Gasteiger charge is 2.19. The van der Waals surface area contributed by atoms with E-state index in [1.807, 2.05) is 60.7 Å². The van der Waals surface area contributed by atoms with E-state index in [4.69, 9.17) is 6.42 Å². The maximum atomic E-state index is 5.55.